The third kappa shape index (κ3) is 2.91. The van der Waals surface area contributed by atoms with E-state index in [9.17, 15) is 0 Å². The van der Waals surface area contributed by atoms with E-state index in [4.69, 9.17) is 0 Å². The summed E-state index contributed by atoms with van der Waals surface area (Å²) in [6.07, 6.45) is 4.43. The third-order valence-corrected chi connectivity index (χ3v) is 2.64. The molecule has 0 amide bonds. The highest BCUT2D eigenvalue weighted by Crippen LogP contribution is 2.15. The van der Waals surface area contributed by atoms with Crippen molar-refractivity contribution in [3.8, 4) is 5.69 Å². The van der Waals surface area contributed by atoms with Crippen LogP contribution in [0.2, 0.25) is 0 Å². The van der Waals surface area contributed by atoms with Gasteiger partial charge in [-0.25, -0.2) is 9.67 Å². The molecule has 1 aromatic heterocycles. The van der Waals surface area contributed by atoms with E-state index in [0.717, 1.165) is 25.2 Å². The van der Waals surface area contributed by atoms with Crippen LogP contribution in [-0.4, -0.2) is 21.3 Å². The van der Waals surface area contributed by atoms with Crippen molar-refractivity contribution in [3.63, 3.8) is 0 Å². The number of rotatable bonds is 5. The van der Waals surface area contributed by atoms with Crippen LogP contribution in [0.25, 0.3) is 5.69 Å². The molecule has 0 aliphatic carbocycles. The van der Waals surface area contributed by atoms with E-state index in [1.54, 1.807) is 12.7 Å². The first-order chi connectivity index (χ1) is 8.31. The maximum absolute atomic E-state index is 4.18. The molecule has 0 saturated heterocycles. The van der Waals surface area contributed by atoms with Gasteiger partial charge < -0.3 is 5.32 Å². The molecule has 2 rings (SSSR count). The summed E-state index contributed by atoms with van der Waals surface area (Å²) in [5, 5.41) is 7.60. The number of nitrogens with one attached hydrogen (secondary N) is 1. The van der Waals surface area contributed by atoms with E-state index in [1.807, 2.05) is 4.68 Å². The zero-order valence-electron chi connectivity index (χ0n) is 10.3. The SMILES string of the molecule is CCCNCc1cc(C)ccc1-n1cncn1. The molecule has 4 heteroatoms. The van der Waals surface area contributed by atoms with Crippen molar-refractivity contribution in [3.05, 3.63) is 42.0 Å². The molecule has 0 saturated carbocycles. The van der Waals surface area contributed by atoms with Crippen molar-refractivity contribution < 1.29 is 0 Å². The molecule has 17 heavy (non-hydrogen) atoms. The highest BCUT2D eigenvalue weighted by Gasteiger charge is 2.05. The van der Waals surface area contributed by atoms with Crippen LogP contribution in [0.4, 0.5) is 0 Å². The molecule has 2 aromatic rings. The number of aromatic nitrogens is 3. The zero-order chi connectivity index (χ0) is 12.1. The minimum atomic E-state index is 0.866. The van der Waals surface area contributed by atoms with Crippen molar-refractivity contribution in [1.82, 2.24) is 20.1 Å². The van der Waals surface area contributed by atoms with Crippen molar-refractivity contribution >= 4 is 0 Å². The Morgan fingerprint density at radius 3 is 2.94 bits per heavy atom. The Morgan fingerprint density at radius 1 is 1.35 bits per heavy atom. The van der Waals surface area contributed by atoms with Gasteiger partial charge in [-0.3, -0.25) is 0 Å². The lowest BCUT2D eigenvalue weighted by Crippen LogP contribution is -2.15. The van der Waals surface area contributed by atoms with Gasteiger partial charge in [0, 0.05) is 6.54 Å². The van der Waals surface area contributed by atoms with Crippen LogP contribution in [-0.2, 0) is 6.54 Å². The fourth-order valence-electron chi connectivity index (χ4n) is 1.81. The Bertz CT molecular complexity index is 462. The number of benzene rings is 1. The Balaban J connectivity index is 2.25. The fraction of sp³-hybridized carbons (Fsp3) is 0.385. The molecular weight excluding hydrogens is 212 g/mol. The highest BCUT2D eigenvalue weighted by atomic mass is 15.3. The van der Waals surface area contributed by atoms with Gasteiger partial charge in [0.05, 0.1) is 5.69 Å². The van der Waals surface area contributed by atoms with Gasteiger partial charge in [0.15, 0.2) is 0 Å². The summed E-state index contributed by atoms with van der Waals surface area (Å²) >= 11 is 0. The molecule has 0 bridgehead atoms. The van der Waals surface area contributed by atoms with Gasteiger partial charge in [-0.15, -0.1) is 0 Å². The lowest BCUT2D eigenvalue weighted by atomic mass is 10.1. The molecule has 1 N–H and O–H groups in total. The second-order valence-corrected chi connectivity index (χ2v) is 4.15. The molecule has 1 aromatic carbocycles. The van der Waals surface area contributed by atoms with E-state index in [1.165, 1.54) is 11.1 Å². The lowest BCUT2D eigenvalue weighted by molar-refractivity contribution is 0.670. The van der Waals surface area contributed by atoms with Crippen LogP contribution in [0.5, 0.6) is 0 Å². The first-order valence-electron chi connectivity index (χ1n) is 5.96. The molecule has 0 aliphatic heterocycles. The van der Waals surface area contributed by atoms with Crippen LogP contribution in [0.3, 0.4) is 0 Å². The second kappa shape index (κ2) is 5.59. The Kier molecular flexibility index (Phi) is 3.88. The molecule has 4 nitrogen and oxygen atoms in total. The van der Waals surface area contributed by atoms with Gasteiger partial charge in [0.1, 0.15) is 12.7 Å². The fourth-order valence-corrected chi connectivity index (χ4v) is 1.81. The summed E-state index contributed by atoms with van der Waals surface area (Å²) < 4.78 is 1.81. The van der Waals surface area contributed by atoms with E-state index in [-0.39, 0.29) is 0 Å². The number of hydrogen-bond donors (Lipinski definition) is 1. The summed E-state index contributed by atoms with van der Waals surface area (Å²) in [6.45, 7) is 6.17. The maximum atomic E-state index is 4.18. The van der Waals surface area contributed by atoms with Gasteiger partial charge in [0.2, 0.25) is 0 Å². The molecule has 0 radical (unpaired) electrons. The molecule has 0 unspecified atom stereocenters. The molecule has 0 fully saturated rings. The quantitative estimate of drug-likeness (QED) is 0.800. The normalized spacial score (nSPS) is 10.7. The molecule has 0 atom stereocenters. The standard InChI is InChI=1S/C13H18N4/c1-3-6-14-8-12-7-11(2)4-5-13(12)17-10-15-9-16-17/h4-5,7,9-10,14H,3,6,8H2,1-2H3. The van der Waals surface area contributed by atoms with Gasteiger partial charge in [-0.1, -0.05) is 24.6 Å². The Labute approximate surface area is 102 Å². The highest BCUT2D eigenvalue weighted by molar-refractivity contribution is 5.42. The van der Waals surface area contributed by atoms with E-state index in [0.29, 0.717) is 0 Å². The minimum absolute atomic E-state index is 0.866. The van der Waals surface area contributed by atoms with Gasteiger partial charge >= 0.3 is 0 Å². The lowest BCUT2D eigenvalue weighted by Gasteiger charge is -2.11. The summed E-state index contributed by atoms with van der Waals surface area (Å²) in [5.41, 5.74) is 3.61. The smallest absolute Gasteiger partial charge is 0.138 e. The predicted octanol–water partition coefficient (Wildman–Crippen LogP) is 2.08. The topological polar surface area (TPSA) is 42.7 Å². The molecule has 90 valence electrons. The van der Waals surface area contributed by atoms with Crippen molar-refractivity contribution in [2.45, 2.75) is 26.8 Å². The van der Waals surface area contributed by atoms with Gasteiger partial charge in [0.25, 0.3) is 0 Å². The van der Waals surface area contributed by atoms with Crippen molar-refractivity contribution in [2.75, 3.05) is 6.54 Å². The second-order valence-electron chi connectivity index (χ2n) is 4.15. The first-order valence-corrected chi connectivity index (χ1v) is 5.96. The first kappa shape index (κ1) is 11.8. The van der Waals surface area contributed by atoms with E-state index < -0.39 is 0 Å². The van der Waals surface area contributed by atoms with Crippen LogP contribution in [0.15, 0.2) is 30.9 Å². The molecule has 1 heterocycles. The molecular formula is C13H18N4. The van der Waals surface area contributed by atoms with Crippen LogP contribution >= 0.6 is 0 Å². The third-order valence-electron chi connectivity index (χ3n) is 2.64. The van der Waals surface area contributed by atoms with Crippen molar-refractivity contribution in [1.29, 1.82) is 0 Å². The number of aryl methyl sites for hydroxylation is 1. The van der Waals surface area contributed by atoms with Gasteiger partial charge in [-0.2, -0.15) is 5.10 Å². The monoisotopic (exact) mass is 230 g/mol. The van der Waals surface area contributed by atoms with Crippen LogP contribution < -0.4 is 5.32 Å². The predicted molar refractivity (Wildman–Crippen MR) is 68.1 cm³/mol. The van der Waals surface area contributed by atoms with Gasteiger partial charge in [-0.05, 0) is 31.5 Å². The molecule has 0 aliphatic rings. The Hall–Kier alpha value is -1.68. The molecule has 0 spiro atoms. The minimum Gasteiger partial charge on any atom is -0.313 e. The summed E-state index contributed by atoms with van der Waals surface area (Å²) in [5.74, 6) is 0. The van der Waals surface area contributed by atoms with E-state index >= 15 is 0 Å². The zero-order valence-corrected chi connectivity index (χ0v) is 10.3. The van der Waals surface area contributed by atoms with Crippen LogP contribution in [0, 0.1) is 6.92 Å². The largest absolute Gasteiger partial charge is 0.313 e. The van der Waals surface area contributed by atoms with Crippen LogP contribution in [0.1, 0.15) is 24.5 Å². The number of nitrogens with zero attached hydrogens (tertiary/aromatic N) is 3. The summed E-state index contributed by atoms with van der Waals surface area (Å²) in [7, 11) is 0. The number of hydrogen-bond acceptors (Lipinski definition) is 3. The van der Waals surface area contributed by atoms with E-state index in [2.05, 4.69) is 47.4 Å². The average Bonchev–Trinajstić information content (AvgIpc) is 2.83. The Morgan fingerprint density at radius 2 is 2.24 bits per heavy atom. The van der Waals surface area contributed by atoms with Crippen molar-refractivity contribution in [2.24, 2.45) is 0 Å². The summed E-state index contributed by atoms with van der Waals surface area (Å²) in [6, 6.07) is 6.38. The summed E-state index contributed by atoms with van der Waals surface area (Å²) in [4.78, 5) is 3.99. The maximum Gasteiger partial charge on any atom is 0.138 e. The average molecular weight is 230 g/mol.